The van der Waals surface area contributed by atoms with Gasteiger partial charge in [0.2, 0.25) is 82.7 Å². The van der Waals surface area contributed by atoms with Gasteiger partial charge in [-0.2, -0.15) is 11.8 Å². The molecule has 0 radical (unpaired) electrons. The third-order valence-electron chi connectivity index (χ3n) is 23.6. The highest BCUT2D eigenvalue weighted by atomic mass is 32.2. The van der Waals surface area contributed by atoms with Gasteiger partial charge in [0, 0.05) is 107 Å². The van der Waals surface area contributed by atoms with Crippen LogP contribution in [-0.4, -0.2) is 287 Å². The fourth-order valence-corrected chi connectivity index (χ4v) is 17.1. The molecule has 0 bridgehead atoms. The molecule has 0 saturated carbocycles. The molecule has 15 amide bonds. The van der Waals surface area contributed by atoms with Crippen LogP contribution in [0.25, 0.3) is 32.8 Å². The van der Waals surface area contributed by atoms with Crippen LogP contribution >= 0.6 is 11.8 Å². The van der Waals surface area contributed by atoms with Crippen molar-refractivity contribution >= 4 is 145 Å². The number of nitrogens with zero attached hydrogens (tertiary/aromatic N) is 8. The fourth-order valence-electron chi connectivity index (χ4n) is 16.4. The number of hydrogen-bond acceptors (Lipinski definition) is 22. The van der Waals surface area contributed by atoms with Crippen molar-refractivity contribution in [2.75, 3.05) is 70.7 Å². The Morgan fingerprint density at radius 2 is 1.17 bits per heavy atom. The summed E-state index contributed by atoms with van der Waals surface area (Å²) in [5.74, 6) is -14.0. The van der Waals surface area contributed by atoms with Gasteiger partial charge in [0.25, 0.3) is 5.91 Å². The zero-order valence-corrected chi connectivity index (χ0v) is 75.1. The molecule has 3 saturated heterocycles. The first-order valence-corrected chi connectivity index (χ1v) is 45.0. The van der Waals surface area contributed by atoms with Crippen LogP contribution < -0.4 is 64.6 Å². The number of anilines is 1. The number of thioether (sulfide) groups is 1. The van der Waals surface area contributed by atoms with Crippen molar-refractivity contribution in [2.45, 2.75) is 210 Å². The summed E-state index contributed by atoms with van der Waals surface area (Å²) in [5.41, 5.74) is 16.0. The van der Waals surface area contributed by atoms with Gasteiger partial charge in [-0.05, 0) is 111 Å². The molecule has 130 heavy (non-hydrogen) atoms. The van der Waals surface area contributed by atoms with Crippen LogP contribution in [0.4, 0.5) is 5.82 Å². The molecule has 4 aromatic carbocycles. The van der Waals surface area contributed by atoms with E-state index in [2.05, 4.69) is 68.1 Å². The van der Waals surface area contributed by atoms with Gasteiger partial charge in [0.05, 0.1) is 35.9 Å². The van der Waals surface area contributed by atoms with Gasteiger partial charge in [0.1, 0.15) is 84.6 Å². The van der Waals surface area contributed by atoms with Crippen molar-refractivity contribution in [3.8, 4) is 5.75 Å². The maximum Gasteiger partial charge on any atom is 0.323 e. The number of benzene rings is 4. The van der Waals surface area contributed by atoms with Gasteiger partial charge in [0.15, 0.2) is 6.17 Å². The number of carbonyl (C=O) groups excluding carboxylic acids is 15. The van der Waals surface area contributed by atoms with Crippen molar-refractivity contribution in [1.82, 2.24) is 91.9 Å². The first kappa shape index (κ1) is 98.9. The van der Waals surface area contributed by atoms with Gasteiger partial charge in [-0.3, -0.25) is 81.7 Å². The number of nitrogens with two attached hydrogens (primary N) is 2. The molecular weight excluding hydrogens is 1700 g/mol. The minimum Gasteiger partial charge on any atom is -0.508 e. The number of aliphatic carboxylic acids is 1. The average molecular weight is 1820 g/mol. The number of carboxylic acids is 1. The first-order valence-electron chi connectivity index (χ1n) is 43.9. The summed E-state index contributed by atoms with van der Waals surface area (Å²) in [5, 5.41) is 48.7. The second kappa shape index (κ2) is 46.6. The van der Waals surface area contributed by atoms with Gasteiger partial charge in [-0.1, -0.05) is 114 Å². The lowest BCUT2D eigenvalue weighted by Crippen LogP contribution is -2.62. The predicted molar refractivity (Wildman–Crippen MR) is 483 cm³/mol. The zero-order chi connectivity index (χ0) is 94.2. The highest BCUT2D eigenvalue weighted by molar-refractivity contribution is 7.99. The molecule has 12 atom stereocenters. The number of aromatic nitrogens is 4. The number of likely N-dealkylation sites (N-methyl/N-ethyl adjacent to an activating group) is 3. The molecule has 3 fully saturated rings. The van der Waals surface area contributed by atoms with Crippen molar-refractivity contribution in [2.24, 2.45) is 17.4 Å². The fraction of sp³-hybridized carbons (Fsp3) is 0.489. The molecule has 0 aliphatic carbocycles. The number of rotatable bonds is 21. The number of hydrogen-bond donors (Lipinski definition) is 15. The summed E-state index contributed by atoms with van der Waals surface area (Å²) in [6.07, 6.45) is 3.90. The van der Waals surface area contributed by atoms with E-state index in [4.69, 9.17) is 11.5 Å². The third kappa shape index (κ3) is 26.3. The van der Waals surface area contributed by atoms with Crippen molar-refractivity contribution < 1.29 is 86.9 Å². The number of carbonyl (C=O) groups is 16. The van der Waals surface area contributed by atoms with Crippen LogP contribution in [0.2, 0.25) is 0 Å². The first-order chi connectivity index (χ1) is 62.1. The van der Waals surface area contributed by atoms with Crippen LogP contribution in [0.15, 0.2) is 116 Å². The number of aromatic amines is 1. The summed E-state index contributed by atoms with van der Waals surface area (Å²) in [7, 11) is 4.08. The number of para-hydroxylation sites is 4. The number of unbranched alkanes of at least 4 members (excludes halogenated alkanes) is 2. The van der Waals surface area contributed by atoms with E-state index in [1.165, 1.54) is 84.0 Å². The largest absolute Gasteiger partial charge is 0.508 e. The van der Waals surface area contributed by atoms with E-state index in [1.807, 2.05) is 27.7 Å². The lowest BCUT2D eigenvalue weighted by Gasteiger charge is -2.36. The van der Waals surface area contributed by atoms with Crippen LogP contribution in [0.5, 0.6) is 5.75 Å². The van der Waals surface area contributed by atoms with Crippen LogP contribution in [0, 0.1) is 5.92 Å². The molecule has 3 aliphatic heterocycles. The number of amides is 15. The summed E-state index contributed by atoms with van der Waals surface area (Å²) in [6.45, 7) is 7.06. The van der Waals surface area contributed by atoms with Gasteiger partial charge in [-0.25, -0.2) is 4.98 Å². The topological polar surface area (TPSA) is 549 Å². The minimum atomic E-state index is -1.98. The molecule has 3 aromatic heterocycles. The van der Waals surface area contributed by atoms with E-state index in [0.29, 0.717) is 75.2 Å². The van der Waals surface area contributed by atoms with E-state index in [0.717, 1.165) is 21.6 Å². The van der Waals surface area contributed by atoms with Gasteiger partial charge in [-0.15, -0.1) is 0 Å². The Bertz CT molecular complexity index is 5280. The molecule has 0 spiro atoms. The number of phenols is 1. The van der Waals surface area contributed by atoms with Crippen molar-refractivity contribution in [3.63, 3.8) is 0 Å². The number of carboxylic acid groups (broad SMARTS) is 1. The normalized spacial score (nSPS) is 23.6. The summed E-state index contributed by atoms with van der Waals surface area (Å²) < 4.78 is 1.46. The highest BCUT2D eigenvalue weighted by Gasteiger charge is 2.44. The Morgan fingerprint density at radius 3 is 1.85 bits per heavy atom. The molecule has 3 aliphatic rings. The summed E-state index contributed by atoms with van der Waals surface area (Å²) in [6, 6.07) is 11.2. The molecule has 6 heterocycles. The average Bonchev–Trinajstić information content (AvgIpc) is 1.51. The lowest BCUT2D eigenvalue weighted by molar-refractivity contribution is -0.149. The lowest BCUT2D eigenvalue weighted by atomic mass is 9.99. The molecule has 40 heteroatoms. The maximum atomic E-state index is 15.7. The third-order valence-corrected chi connectivity index (χ3v) is 24.5. The van der Waals surface area contributed by atoms with E-state index in [1.54, 1.807) is 79.0 Å². The molecule has 698 valence electrons. The number of nitrogens with one attached hydrogen (secondary N) is 11. The van der Waals surface area contributed by atoms with Gasteiger partial charge >= 0.3 is 5.97 Å². The Balaban J connectivity index is 0.972. The minimum absolute atomic E-state index is 0.00620. The SMILES string of the molecule is CCCC[C@H]1C(=O)N(C)[C@@H](CCCC)C(=O)N[C@@H](CC(C)C)C(=O)NCCSCC(=O)N[C@@H](Cc2ccc(O)cc2)C(=O)N(C)[C@@H](C)C(=O)N[C@@H](CC(N)=O)C(=O)N2CCCC2C(=O)N[C@@H](CNc2cnc3ccccc3n2)C(=O)NCC(=O)N2CCCC2C(=O)N[C@@H](Cc2c[nH]c3ccccc23)C(=O)NC(N)C(=O)N[C@@H](Cc2cn(CC(=O)O)c3ccccc23)C(=O)N1C. The van der Waals surface area contributed by atoms with E-state index >= 15 is 14.4 Å². The van der Waals surface area contributed by atoms with Crippen LogP contribution in [0.3, 0.4) is 0 Å². The van der Waals surface area contributed by atoms with E-state index < -0.39 is 193 Å². The number of fused-ring (bicyclic) bond motifs is 5. The second-order valence-corrected chi connectivity index (χ2v) is 34.6. The van der Waals surface area contributed by atoms with E-state index in [9.17, 15) is 72.5 Å². The predicted octanol–water partition coefficient (Wildman–Crippen LogP) is 1.07. The van der Waals surface area contributed by atoms with Crippen LogP contribution in [0.1, 0.15) is 128 Å². The zero-order valence-electron chi connectivity index (χ0n) is 74.3. The standard InChI is InChI=1S/C90H119N21O18S/c1-9-11-26-69-83(122)100-62(39-51(3)4)80(119)93-35-38-130-50-75(114)99-64(40-53-31-33-56(112)34-32-53)87(126)106(6)52(5)79(118)102-66(43-73(91)113)89(128)111-37-20-30-71(111)85(124)104-67(45-96-74-46-95-60-24-16-17-25-61(60)98-74)81(120)97-47-76(115)110-36-19-29-70(110)84(123)101-63(41-54-44-94-59-23-15-13-21-57(54)59)82(121)105-78(92)86(125)103-65(88(127)108(8)72(27-12-10-2)90(129)107(69)7)42-55-48-109(49-77(116)117)68-28-18-14-22-58(55)68/h13-18,21-25,28,31-34,44,46,48,51-52,62-67,69-72,78,94,112H,9-12,19-20,26-27,29-30,35-43,45,47,49-50,92H2,1-8H3,(H2,91,113)(H,93,119)(H,96,98)(H,97,120)(H,99,114)(H,100,122)(H,101,123)(H,102,118)(H,103,125)(H,104,124)(H,105,121)(H,116,117)/t52-,62-,63-,64-,65-,66-,67-,69-,70?,71?,72-,78?/m0/s1. The number of phenolic OH excluding ortho intramolecular Hbond substituents is 1. The van der Waals surface area contributed by atoms with Gasteiger partial charge < -0.3 is 109 Å². The van der Waals surface area contributed by atoms with Crippen LogP contribution in [-0.2, 0) is 103 Å². The number of H-pyrrole nitrogens is 1. The monoisotopic (exact) mass is 1810 g/mol. The second-order valence-electron chi connectivity index (χ2n) is 33.5. The quantitative estimate of drug-likeness (QED) is 0.0478. The Labute approximate surface area is 756 Å². The number of primary amides is 1. The molecule has 7 aromatic rings. The van der Waals surface area contributed by atoms with Crippen molar-refractivity contribution in [1.29, 1.82) is 0 Å². The summed E-state index contributed by atoms with van der Waals surface area (Å²) in [4.78, 5) is 251. The molecule has 39 nitrogen and oxygen atoms in total. The summed E-state index contributed by atoms with van der Waals surface area (Å²) >= 11 is 1.09. The Kier molecular flexibility index (Phi) is 35.5. The van der Waals surface area contributed by atoms with Crippen molar-refractivity contribution in [3.05, 3.63) is 132 Å². The highest BCUT2D eigenvalue weighted by Crippen LogP contribution is 2.28. The smallest absolute Gasteiger partial charge is 0.323 e. The Morgan fingerprint density at radius 1 is 0.585 bits per heavy atom. The number of aromatic hydroxyl groups is 1. The van der Waals surface area contributed by atoms with E-state index in [-0.39, 0.29) is 113 Å². The molecular formula is C90H119N21O18S. The molecule has 17 N–H and O–H groups in total. The Hall–Kier alpha value is -13.3. The molecule has 10 rings (SSSR count). The molecule has 3 unspecified atom stereocenters. The maximum absolute atomic E-state index is 15.7.